The molecule has 3 N–H and O–H groups in total. The van der Waals surface area contributed by atoms with Crippen molar-refractivity contribution in [1.29, 1.82) is 5.26 Å². The van der Waals surface area contributed by atoms with Crippen molar-refractivity contribution in [3.63, 3.8) is 0 Å². The maximum Gasteiger partial charge on any atom is 0.420 e. The fraction of sp³-hybridized carbons (Fsp3) is 0.267. The van der Waals surface area contributed by atoms with Crippen LogP contribution in [0.2, 0.25) is 0 Å². The lowest BCUT2D eigenvalue weighted by Crippen LogP contribution is -2.38. The molecule has 6 nitrogen and oxygen atoms in total. The van der Waals surface area contributed by atoms with Gasteiger partial charge in [0.1, 0.15) is 22.3 Å². The monoisotopic (exact) mass is 336 g/mol. The van der Waals surface area contributed by atoms with Crippen molar-refractivity contribution < 1.29 is 22.4 Å². The van der Waals surface area contributed by atoms with E-state index in [0.29, 0.717) is 12.8 Å². The Morgan fingerprint density at radius 1 is 1.46 bits per heavy atom. The van der Waals surface area contributed by atoms with Gasteiger partial charge in [-0.05, 0) is 25.0 Å². The van der Waals surface area contributed by atoms with Crippen molar-refractivity contribution in [2.45, 2.75) is 24.6 Å². The molecule has 3 rings (SSSR count). The molecule has 0 bridgehead atoms. The van der Waals surface area contributed by atoms with Crippen LogP contribution in [0.3, 0.4) is 0 Å². The van der Waals surface area contributed by atoms with Gasteiger partial charge in [0, 0.05) is 6.08 Å². The molecule has 0 spiro atoms. The zero-order valence-electron chi connectivity index (χ0n) is 12.1. The SMILES string of the molecule is N#CC1(NC(=O)C(N)=Cc2nc3cccc(C(F)(F)F)c3o2)CC1. The highest BCUT2D eigenvalue weighted by Gasteiger charge is 2.44. The van der Waals surface area contributed by atoms with E-state index in [1.165, 1.54) is 12.1 Å². The molecule has 1 aromatic carbocycles. The fourth-order valence-electron chi connectivity index (χ4n) is 2.13. The van der Waals surface area contributed by atoms with Crippen LogP contribution in [0.5, 0.6) is 0 Å². The van der Waals surface area contributed by atoms with Gasteiger partial charge in [-0.2, -0.15) is 18.4 Å². The maximum absolute atomic E-state index is 12.9. The van der Waals surface area contributed by atoms with E-state index in [-0.39, 0.29) is 17.1 Å². The van der Waals surface area contributed by atoms with Gasteiger partial charge in [0.15, 0.2) is 5.58 Å². The summed E-state index contributed by atoms with van der Waals surface area (Å²) >= 11 is 0. The number of rotatable bonds is 3. The van der Waals surface area contributed by atoms with E-state index in [9.17, 15) is 18.0 Å². The van der Waals surface area contributed by atoms with Gasteiger partial charge in [-0.15, -0.1) is 0 Å². The number of alkyl halides is 3. The van der Waals surface area contributed by atoms with E-state index < -0.39 is 28.8 Å². The van der Waals surface area contributed by atoms with Crippen LogP contribution >= 0.6 is 0 Å². The van der Waals surface area contributed by atoms with E-state index in [1.54, 1.807) is 0 Å². The third kappa shape index (κ3) is 2.90. The lowest BCUT2D eigenvalue weighted by molar-refractivity contribution is -0.136. The van der Waals surface area contributed by atoms with Gasteiger partial charge in [-0.1, -0.05) is 6.07 Å². The van der Waals surface area contributed by atoms with Gasteiger partial charge in [-0.3, -0.25) is 4.79 Å². The zero-order valence-corrected chi connectivity index (χ0v) is 12.1. The minimum atomic E-state index is -4.59. The van der Waals surface area contributed by atoms with Gasteiger partial charge < -0.3 is 15.5 Å². The number of carbonyl (C=O) groups excluding carboxylic acids is 1. The summed E-state index contributed by atoms with van der Waals surface area (Å²) in [5.41, 5.74) is 3.00. The number of hydrogen-bond acceptors (Lipinski definition) is 5. The molecule has 0 unspecified atom stereocenters. The molecule has 1 saturated carbocycles. The summed E-state index contributed by atoms with van der Waals surface area (Å²) in [6.45, 7) is 0. The van der Waals surface area contributed by atoms with E-state index in [4.69, 9.17) is 15.4 Å². The summed E-state index contributed by atoms with van der Waals surface area (Å²) in [7, 11) is 0. The Kier molecular flexibility index (Phi) is 3.48. The number of nitrogens with zero attached hydrogens (tertiary/aromatic N) is 2. The Bertz CT molecular complexity index is 888. The number of oxazole rings is 1. The average molecular weight is 336 g/mol. The Hall–Kier alpha value is -3.02. The molecular formula is C15H11F3N4O2. The number of fused-ring (bicyclic) bond motifs is 1. The highest BCUT2D eigenvalue weighted by molar-refractivity contribution is 5.97. The van der Waals surface area contributed by atoms with Crippen LogP contribution in [0.25, 0.3) is 17.2 Å². The van der Waals surface area contributed by atoms with Gasteiger partial charge in [-0.25, -0.2) is 4.98 Å². The molecule has 0 saturated heterocycles. The van der Waals surface area contributed by atoms with Crippen LogP contribution in [0.15, 0.2) is 28.3 Å². The molecule has 1 heterocycles. The highest BCUT2D eigenvalue weighted by atomic mass is 19.4. The van der Waals surface area contributed by atoms with Gasteiger partial charge in [0.05, 0.1) is 6.07 Å². The Labute approximate surface area is 133 Å². The van der Waals surface area contributed by atoms with E-state index in [2.05, 4.69) is 10.3 Å². The summed E-state index contributed by atoms with van der Waals surface area (Å²) in [6.07, 6.45) is -2.50. The first-order valence-corrected chi connectivity index (χ1v) is 6.92. The first kappa shape index (κ1) is 15.9. The van der Waals surface area contributed by atoms with Crippen molar-refractivity contribution >= 4 is 23.1 Å². The minimum Gasteiger partial charge on any atom is -0.436 e. The minimum absolute atomic E-state index is 0.0000267. The molecule has 1 aliphatic carbocycles. The second-order valence-corrected chi connectivity index (χ2v) is 5.45. The van der Waals surface area contributed by atoms with Gasteiger partial charge in [0.2, 0.25) is 5.89 Å². The molecular weight excluding hydrogens is 325 g/mol. The number of nitriles is 1. The molecule has 1 amide bonds. The number of para-hydroxylation sites is 1. The largest absolute Gasteiger partial charge is 0.436 e. The van der Waals surface area contributed by atoms with Crippen molar-refractivity contribution in [1.82, 2.24) is 10.3 Å². The topological polar surface area (TPSA) is 105 Å². The average Bonchev–Trinajstić information content (AvgIpc) is 3.16. The van der Waals surface area contributed by atoms with Crippen molar-refractivity contribution in [2.24, 2.45) is 5.73 Å². The second kappa shape index (κ2) is 5.26. The van der Waals surface area contributed by atoms with Crippen molar-refractivity contribution in [3.8, 4) is 6.07 Å². The molecule has 124 valence electrons. The first-order valence-electron chi connectivity index (χ1n) is 6.92. The van der Waals surface area contributed by atoms with Crippen molar-refractivity contribution in [2.75, 3.05) is 0 Å². The van der Waals surface area contributed by atoms with Crippen LogP contribution < -0.4 is 11.1 Å². The summed E-state index contributed by atoms with van der Waals surface area (Å²) < 4.78 is 43.9. The lowest BCUT2D eigenvalue weighted by Gasteiger charge is -2.08. The summed E-state index contributed by atoms with van der Waals surface area (Å²) in [5, 5.41) is 11.4. The number of halogens is 3. The number of carbonyl (C=O) groups is 1. The normalized spacial score (nSPS) is 16.7. The van der Waals surface area contributed by atoms with Crippen LogP contribution in [0.4, 0.5) is 13.2 Å². The number of nitrogens with one attached hydrogen (secondary N) is 1. The zero-order chi connectivity index (χ0) is 17.5. The molecule has 24 heavy (non-hydrogen) atoms. The smallest absolute Gasteiger partial charge is 0.420 e. The molecule has 9 heteroatoms. The van der Waals surface area contributed by atoms with Gasteiger partial charge in [0.25, 0.3) is 5.91 Å². The quantitative estimate of drug-likeness (QED) is 0.837. The third-order valence-corrected chi connectivity index (χ3v) is 3.59. The second-order valence-electron chi connectivity index (χ2n) is 5.45. The Morgan fingerprint density at radius 2 is 2.17 bits per heavy atom. The number of hydrogen-bond donors (Lipinski definition) is 2. The number of nitrogens with two attached hydrogens (primary N) is 1. The standard InChI is InChI=1S/C15H11F3N4O2/c16-15(17,18)8-2-1-3-10-12(8)24-11(21-10)6-9(20)13(23)22-14(7-19)4-5-14/h1-3,6H,4-5,20H2,(H,22,23). The van der Waals surface area contributed by atoms with Crippen LogP contribution in [0.1, 0.15) is 24.3 Å². The molecule has 1 aromatic heterocycles. The molecule has 2 aromatic rings. The Balaban J connectivity index is 1.90. The summed E-state index contributed by atoms with van der Waals surface area (Å²) in [4.78, 5) is 15.8. The number of benzene rings is 1. The molecule has 0 atom stereocenters. The molecule has 1 aliphatic rings. The summed E-state index contributed by atoms with van der Waals surface area (Å²) in [5.74, 6) is -0.927. The number of amides is 1. The highest BCUT2D eigenvalue weighted by Crippen LogP contribution is 2.36. The maximum atomic E-state index is 12.9. The predicted octanol–water partition coefficient (Wildman–Crippen LogP) is 2.32. The third-order valence-electron chi connectivity index (χ3n) is 3.59. The Morgan fingerprint density at radius 3 is 2.75 bits per heavy atom. The summed E-state index contributed by atoms with van der Waals surface area (Å²) in [6, 6.07) is 5.41. The van der Waals surface area contributed by atoms with Crippen molar-refractivity contribution in [3.05, 3.63) is 35.4 Å². The fourth-order valence-corrected chi connectivity index (χ4v) is 2.13. The predicted molar refractivity (Wildman–Crippen MR) is 76.9 cm³/mol. The van der Waals surface area contributed by atoms with Crippen LogP contribution in [-0.2, 0) is 11.0 Å². The number of aromatic nitrogens is 1. The first-order chi connectivity index (χ1) is 11.2. The lowest BCUT2D eigenvalue weighted by atomic mass is 10.2. The van der Waals surface area contributed by atoms with E-state index in [1.807, 2.05) is 6.07 Å². The molecule has 0 aliphatic heterocycles. The van der Waals surface area contributed by atoms with Crippen LogP contribution in [0, 0.1) is 11.3 Å². The molecule has 0 radical (unpaired) electrons. The van der Waals surface area contributed by atoms with Gasteiger partial charge >= 0.3 is 6.18 Å². The van der Waals surface area contributed by atoms with Crippen LogP contribution in [-0.4, -0.2) is 16.4 Å². The van der Waals surface area contributed by atoms with E-state index >= 15 is 0 Å². The molecule has 1 fully saturated rings. The van der Waals surface area contributed by atoms with E-state index in [0.717, 1.165) is 12.1 Å².